The Balaban J connectivity index is 0.00000106. The van der Waals surface area contributed by atoms with Gasteiger partial charge in [-0.15, -0.1) is 13.2 Å². The van der Waals surface area contributed by atoms with E-state index in [1.54, 1.807) is 7.11 Å². The monoisotopic (exact) mass is 223 g/mol. The van der Waals surface area contributed by atoms with Crippen LogP contribution in [-0.4, -0.2) is 31.6 Å². The highest BCUT2D eigenvalue weighted by Crippen LogP contribution is 2.14. The van der Waals surface area contributed by atoms with E-state index in [0.29, 0.717) is 0 Å². The molecule has 92 valence electrons. The molecule has 0 bridgehead atoms. The minimum atomic E-state index is 0.804. The van der Waals surface area contributed by atoms with Gasteiger partial charge in [0.2, 0.25) is 0 Å². The molecule has 0 spiro atoms. The summed E-state index contributed by atoms with van der Waals surface area (Å²) in [6.07, 6.45) is 6.14. The molecule has 0 N–H and O–H groups in total. The SMILES string of the molecule is C=C.C=C(OC)/C(=C\C)CN1CCCCC1. The van der Waals surface area contributed by atoms with Crippen molar-refractivity contribution in [2.45, 2.75) is 26.2 Å². The normalized spacial score (nSPS) is 17.2. The van der Waals surface area contributed by atoms with E-state index in [4.69, 9.17) is 4.74 Å². The second kappa shape index (κ2) is 9.22. The number of hydrogen-bond donors (Lipinski definition) is 0. The van der Waals surface area contributed by atoms with Gasteiger partial charge < -0.3 is 4.74 Å². The van der Waals surface area contributed by atoms with Crippen molar-refractivity contribution in [2.75, 3.05) is 26.7 Å². The van der Waals surface area contributed by atoms with Crippen molar-refractivity contribution in [2.24, 2.45) is 0 Å². The molecule has 1 aliphatic rings. The van der Waals surface area contributed by atoms with Crippen molar-refractivity contribution in [3.63, 3.8) is 0 Å². The number of likely N-dealkylation sites (tertiary alicyclic amines) is 1. The molecular weight excluding hydrogens is 198 g/mol. The van der Waals surface area contributed by atoms with Crippen molar-refractivity contribution in [1.82, 2.24) is 4.90 Å². The predicted molar refractivity (Wildman–Crippen MR) is 71.5 cm³/mol. The summed E-state index contributed by atoms with van der Waals surface area (Å²) in [6.45, 7) is 15.4. The van der Waals surface area contributed by atoms with Crippen molar-refractivity contribution < 1.29 is 4.74 Å². The zero-order valence-electron chi connectivity index (χ0n) is 10.8. The maximum atomic E-state index is 5.16. The van der Waals surface area contributed by atoms with Crippen LogP contribution in [0.3, 0.4) is 0 Å². The Bertz CT molecular complexity index is 227. The van der Waals surface area contributed by atoms with Crippen LogP contribution in [0.4, 0.5) is 0 Å². The average molecular weight is 223 g/mol. The third kappa shape index (κ3) is 5.17. The lowest BCUT2D eigenvalue weighted by atomic mass is 10.1. The van der Waals surface area contributed by atoms with Gasteiger partial charge >= 0.3 is 0 Å². The molecule has 1 heterocycles. The zero-order chi connectivity index (χ0) is 12.4. The molecule has 0 unspecified atom stereocenters. The van der Waals surface area contributed by atoms with Crippen molar-refractivity contribution in [3.05, 3.63) is 37.1 Å². The van der Waals surface area contributed by atoms with E-state index in [1.165, 1.54) is 37.9 Å². The fourth-order valence-electron chi connectivity index (χ4n) is 1.83. The largest absolute Gasteiger partial charge is 0.497 e. The summed E-state index contributed by atoms with van der Waals surface area (Å²) >= 11 is 0. The molecule has 2 heteroatoms. The fourth-order valence-corrected chi connectivity index (χ4v) is 1.83. The Morgan fingerprint density at radius 3 is 2.25 bits per heavy atom. The van der Waals surface area contributed by atoms with Crippen LogP contribution in [-0.2, 0) is 4.74 Å². The maximum absolute atomic E-state index is 5.16. The highest BCUT2D eigenvalue weighted by atomic mass is 16.5. The summed E-state index contributed by atoms with van der Waals surface area (Å²) in [6, 6.07) is 0. The number of hydrogen-bond acceptors (Lipinski definition) is 2. The fraction of sp³-hybridized carbons (Fsp3) is 0.571. The minimum Gasteiger partial charge on any atom is -0.497 e. The second-order valence-electron chi connectivity index (χ2n) is 3.78. The minimum absolute atomic E-state index is 0.804. The molecule has 2 nitrogen and oxygen atoms in total. The highest BCUT2D eigenvalue weighted by molar-refractivity contribution is 5.24. The molecule has 0 aliphatic carbocycles. The van der Waals surface area contributed by atoms with Gasteiger partial charge in [-0.05, 0) is 32.9 Å². The first-order valence-electron chi connectivity index (χ1n) is 5.88. The molecule has 0 radical (unpaired) electrons. The molecule has 0 aromatic carbocycles. The Morgan fingerprint density at radius 2 is 1.81 bits per heavy atom. The molecule has 16 heavy (non-hydrogen) atoms. The van der Waals surface area contributed by atoms with Crippen LogP contribution >= 0.6 is 0 Å². The van der Waals surface area contributed by atoms with Gasteiger partial charge in [0.15, 0.2) is 0 Å². The topological polar surface area (TPSA) is 12.5 Å². The standard InChI is InChI=1S/C12H21NO.C2H4/c1-4-12(11(2)14-3)10-13-8-6-5-7-9-13;1-2/h4H,2,5-10H2,1,3H3;1-2H2/b12-4-;. The number of methoxy groups -OCH3 is 1. The lowest BCUT2D eigenvalue weighted by Gasteiger charge is -2.27. The molecule has 1 saturated heterocycles. The van der Waals surface area contributed by atoms with E-state index >= 15 is 0 Å². The zero-order valence-corrected chi connectivity index (χ0v) is 10.8. The van der Waals surface area contributed by atoms with Gasteiger partial charge in [0, 0.05) is 12.1 Å². The van der Waals surface area contributed by atoms with Crippen molar-refractivity contribution in [3.8, 4) is 0 Å². The van der Waals surface area contributed by atoms with Gasteiger partial charge in [-0.25, -0.2) is 0 Å². The van der Waals surface area contributed by atoms with E-state index in [1.807, 2.05) is 6.92 Å². The van der Waals surface area contributed by atoms with Gasteiger partial charge in [-0.2, -0.15) is 0 Å². The number of ether oxygens (including phenoxy) is 1. The smallest absolute Gasteiger partial charge is 0.115 e. The van der Waals surface area contributed by atoms with E-state index in [2.05, 4.69) is 30.7 Å². The summed E-state index contributed by atoms with van der Waals surface area (Å²) in [5.74, 6) is 0.804. The van der Waals surface area contributed by atoms with Crippen molar-refractivity contribution >= 4 is 0 Å². The van der Waals surface area contributed by atoms with E-state index < -0.39 is 0 Å². The number of rotatable bonds is 4. The Labute approximate surface area is 100 Å². The van der Waals surface area contributed by atoms with Crippen LogP contribution in [0.1, 0.15) is 26.2 Å². The van der Waals surface area contributed by atoms with Crippen LogP contribution in [0.15, 0.2) is 37.1 Å². The first-order chi connectivity index (χ1) is 7.77. The third-order valence-electron chi connectivity index (χ3n) is 2.80. The molecule has 0 aromatic heterocycles. The van der Waals surface area contributed by atoms with Gasteiger partial charge in [0.1, 0.15) is 5.76 Å². The number of nitrogens with zero attached hydrogens (tertiary/aromatic N) is 1. The molecule has 0 saturated carbocycles. The summed E-state index contributed by atoms with van der Waals surface area (Å²) in [7, 11) is 1.68. The first kappa shape index (κ1) is 15.0. The lowest BCUT2D eigenvalue weighted by Crippen LogP contribution is -2.31. The van der Waals surface area contributed by atoms with Crippen LogP contribution in [0, 0.1) is 0 Å². The molecule has 1 aliphatic heterocycles. The highest BCUT2D eigenvalue weighted by Gasteiger charge is 2.12. The van der Waals surface area contributed by atoms with Gasteiger partial charge in [-0.3, -0.25) is 4.90 Å². The van der Waals surface area contributed by atoms with E-state index in [9.17, 15) is 0 Å². The first-order valence-corrected chi connectivity index (χ1v) is 5.88. The molecule has 0 amide bonds. The van der Waals surface area contributed by atoms with E-state index in [-0.39, 0.29) is 0 Å². The van der Waals surface area contributed by atoms with Crippen LogP contribution in [0.2, 0.25) is 0 Å². The second-order valence-corrected chi connectivity index (χ2v) is 3.78. The number of allylic oxidation sites excluding steroid dienone is 1. The Hall–Kier alpha value is -1.02. The summed E-state index contributed by atoms with van der Waals surface area (Å²) < 4.78 is 5.16. The predicted octanol–water partition coefficient (Wildman–Crippen LogP) is 3.38. The summed E-state index contributed by atoms with van der Waals surface area (Å²) in [5.41, 5.74) is 1.22. The average Bonchev–Trinajstić information content (AvgIpc) is 2.38. The van der Waals surface area contributed by atoms with Crippen LogP contribution in [0.5, 0.6) is 0 Å². The molecule has 0 atom stereocenters. The van der Waals surface area contributed by atoms with Gasteiger partial charge in [-0.1, -0.05) is 19.1 Å². The summed E-state index contributed by atoms with van der Waals surface area (Å²) in [4.78, 5) is 2.48. The van der Waals surface area contributed by atoms with E-state index in [0.717, 1.165) is 12.3 Å². The third-order valence-corrected chi connectivity index (χ3v) is 2.80. The Kier molecular flexibility index (Phi) is 8.64. The molecule has 1 rings (SSSR count). The summed E-state index contributed by atoms with van der Waals surface area (Å²) in [5, 5.41) is 0. The quantitative estimate of drug-likeness (QED) is 0.411. The van der Waals surface area contributed by atoms with Gasteiger partial charge in [0.25, 0.3) is 0 Å². The van der Waals surface area contributed by atoms with Crippen LogP contribution in [0.25, 0.3) is 0 Å². The Morgan fingerprint density at radius 1 is 1.25 bits per heavy atom. The van der Waals surface area contributed by atoms with Gasteiger partial charge in [0.05, 0.1) is 7.11 Å². The lowest BCUT2D eigenvalue weighted by molar-refractivity contribution is 0.235. The van der Waals surface area contributed by atoms with Crippen molar-refractivity contribution in [1.29, 1.82) is 0 Å². The molecule has 1 fully saturated rings. The molecule has 0 aromatic rings. The maximum Gasteiger partial charge on any atom is 0.115 e. The number of piperidine rings is 1. The van der Waals surface area contributed by atoms with Crippen LogP contribution < -0.4 is 0 Å². The molecular formula is C14H25NO.